The van der Waals surface area contributed by atoms with Crippen LogP contribution in [0.5, 0.6) is 11.5 Å². The van der Waals surface area contributed by atoms with E-state index in [1.54, 1.807) is 22.4 Å². The zero-order valence-electron chi connectivity index (χ0n) is 18.8. The van der Waals surface area contributed by atoms with Crippen molar-refractivity contribution < 1.29 is 14.3 Å². The van der Waals surface area contributed by atoms with Crippen LogP contribution in [0.3, 0.4) is 0 Å². The lowest BCUT2D eigenvalue weighted by Gasteiger charge is -2.29. The van der Waals surface area contributed by atoms with Crippen molar-refractivity contribution in [2.24, 2.45) is 0 Å². The second-order valence-corrected chi connectivity index (χ2v) is 8.95. The number of ether oxygens (including phenoxy) is 2. The normalized spacial score (nSPS) is 12.9. The molecule has 0 atom stereocenters. The van der Waals surface area contributed by atoms with Gasteiger partial charge in [-0.15, -0.1) is 11.3 Å². The van der Waals surface area contributed by atoms with Crippen molar-refractivity contribution in [3.63, 3.8) is 0 Å². The first-order valence-electron chi connectivity index (χ1n) is 11.3. The molecule has 0 unspecified atom stereocenters. The topological polar surface area (TPSA) is 64.5 Å². The van der Waals surface area contributed by atoms with Gasteiger partial charge in [-0.3, -0.25) is 9.78 Å². The predicted molar refractivity (Wildman–Crippen MR) is 138 cm³/mol. The minimum Gasteiger partial charge on any atom is -0.491 e. The van der Waals surface area contributed by atoms with Crippen molar-refractivity contribution >= 4 is 33.7 Å². The van der Waals surface area contributed by atoms with Gasteiger partial charge in [0.1, 0.15) is 23.1 Å². The minimum atomic E-state index is -0.0939. The summed E-state index contributed by atoms with van der Waals surface area (Å²) in [6.45, 7) is 0.795. The number of aromatic nitrogens is 2. The maximum Gasteiger partial charge on any atom is 0.265 e. The maximum atomic E-state index is 12.8. The van der Waals surface area contributed by atoms with Crippen molar-refractivity contribution in [1.29, 1.82) is 0 Å². The minimum absolute atomic E-state index is 0.0150. The summed E-state index contributed by atoms with van der Waals surface area (Å²) in [5, 5.41) is 5.03. The molecule has 1 aliphatic rings. The van der Waals surface area contributed by atoms with Gasteiger partial charge in [-0.05, 0) is 41.8 Å². The van der Waals surface area contributed by atoms with E-state index in [4.69, 9.17) is 14.5 Å². The monoisotopic (exact) mass is 479 g/mol. The Labute approximate surface area is 206 Å². The van der Waals surface area contributed by atoms with Gasteiger partial charge in [0.25, 0.3) is 5.91 Å². The number of amides is 1. The van der Waals surface area contributed by atoms with Crippen molar-refractivity contribution in [1.82, 2.24) is 9.97 Å². The molecule has 2 aromatic heterocycles. The fourth-order valence-electron chi connectivity index (χ4n) is 4.19. The predicted octanol–water partition coefficient (Wildman–Crippen LogP) is 5.83. The fraction of sp³-hybridized carbons (Fsp3) is 0.107. The molecule has 1 aliphatic heterocycles. The van der Waals surface area contributed by atoms with Gasteiger partial charge in [-0.25, -0.2) is 4.98 Å². The maximum absolute atomic E-state index is 12.8. The van der Waals surface area contributed by atoms with Crippen LogP contribution in [0.4, 0.5) is 5.69 Å². The average molecular weight is 480 g/mol. The van der Waals surface area contributed by atoms with E-state index in [-0.39, 0.29) is 12.5 Å². The van der Waals surface area contributed by atoms with Crippen molar-refractivity contribution in [3.8, 4) is 33.5 Å². The molecule has 0 bridgehead atoms. The molecule has 3 heterocycles. The van der Waals surface area contributed by atoms with E-state index in [1.807, 2.05) is 72.1 Å². The highest BCUT2D eigenvalue weighted by Crippen LogP contribution is 2.37. The van der Waals surface area contributed by atoms with Gasteiger partial charge in [-0.1, -0.05) is 42.5 Å². The molecule has 1 amide bonds. The molecule has 0 aliphatic carbocycles. The highest BCUT2D eigenvalue weighted by atomic mass is 32.1. The summed E-state index contributed by atoms with van der Waals surface area (Å²) in [4.78, 5) is 23.7. The van der Waals surface area contributed by atoms with E-state index in [0.29, 0.717) is 18.9 Å². The number of benzene rings is 3. The molecule has 6 nitrogen and oxygen atoms in total. The number of carbonyl (C=O) groups excluding carboxylic acids is 1. The molecule has 0 saturated heterocycles. The Balaban J connectivity index is 1.24. The van der Waals surface area contributed by atoms with Crippen LogP contribution in [-0.4, -0.2) is 35.6 Å². The van der Waals surface area contributed by atoms with Gasteiger partial charge in [0.05, 0.1) is 23.6 Å². The highest BCUT2D eigenvalue weighted by Gasteiger charge is 2.26. The van der Waals surface area contributed by atoms with Gasteiger partial charge < -0.3 is 14.4 Å². The third kappa shape index (κ3) is 4.22. The molecule has 0 spiro atoms. The standard InChI is InChI=1S/C28H21N3O3S/c32-27-17-34-26-12-11-20(23-18-35-28(30-23)22-9-3-4-13-29-22)16-24(26)31(27)14-15-33-25-10-5-7-19-6-1-2-8-21(19)25/h1-13,16,18H,14-15,17H2. The second-order valence-electron chi connectivity index (χ2n) is 8.10. The first kappa shape index (κ1) is 21.3. The molecule has 0 fully saturated rings. The summed E-state index contributed by atoms with van der Waals surface area (Å²) in [5.74, 6) is 1.39. The number of carbonyl (C=O) groups is 1. The van der Waals surface area contributed by atoms with E-state index in [0.717, 1.165) is 44.2 Å². The summed E-state index contributed by atoms with van der Waals surface area (Å²) >= 11 is 1.54. The van der Waals surface area contributed by atoms with Crippen molar-refractivity contribution in [3.05, 3.63) is 90.4 Å². The van der Waals surface area contributed by atoms with E-state index < -0.39 is 0 Å². The van der Waals surface area contributed by atoms with Crippen molar-refractivity contribution in [2.75, 3.05) is 24.7 Å². The number of nitrogens with zero attached hydrogens (tertiary/aromatic N) is 3. The number of hydrogen-bond acceptors (Lipinski definition) is 6. The first-order valence-corrected chi connectivity index (χ1v) is 12.2. The summed E-state index contributed by atoms with van der Waals surface area (Å²) in [6.07, 6.45) is 1.76. The summed E-state index contributed by atoms with van der Waals surface area (Å²) in [5.41, 5.74) is 3.32. The molecule has 0 radical (unpaired) electrons. The van der Waals surface area contributed by atoms with Crippen LogP contribution in [0.25, 0.3) is 32.7 Å². The van der Waals surface area contributed by atoms with Gasteiger partial charge in [0.15, 0.2) is 6.61 Å². The number of pyridine rings is 1. The fourth-order valence-corrected chi connectivity index (χ4v) is 4.99. The van der Waals surface area contributed by atoms with Crippen LogP contribution in [0.1, 0.15) is 0 Å². The summed E-state index contributed by atoms with van der Waals surface area (Å²) in [7, 11) is 0. The number of thiazole rings is 1. The van der Waals surface area contributed by atoms with E-state index >= 15 is 0 Å². The van der Waals surface area contributed by atoms with Crippen LogP contribution in [0.2, 0.25) is 0 Å². The third-order valence-corrected chi connectivity index (χ3v) is 6.77. The van der Waals surface area contributed by atoms with Crippen LogP contribution < -0.4 is 14.4 Å². The number of rotatable bonds is 6. The van der Waals surface area contributed by atoms with Crippen LogP contribution in [0.15, 0.2) is 90.4 Å². The molecule has 6 rings (SSSR count). The summed E-state index contributed by atoms with van der Waals surface area (Å²) in [6, 6.07) is 25.7. The molecular formula is C28H21N3O3S. The SMILES string of the molecule is O=C1COc2ccc(-c3csc(-c4ccccn4)n3)cc2N1CCOc1cccc2ccccc12. The zero-order chi connectivity index (χ0) is 23.6. The number of hydrogen-bond donors (Lipinski definition) is 0. The lowest BCUT2D eigenvalue weighted by molar-refractivity contribution is -0.121. The van der Waals surface area contributed by atoms with Gasteiger partial charge in [0.2, 0.25) is 0 Å². The quantitative estimate of drug-likeness (QED) is 0.307. The Kier molecular flexibility index (Phi) is 5.60. The van der Waals surface area contributed by atoms with Crippen LogP contribution in [-0.2, 0) is 4.79 Å². The molecule has 172 valence electrons. The number of anilines is 1. The lowest BCUT2D eigenvalue weighted by atomic mass is 10.1. The second kappa shape index (κ2) is 9.19. The van der Waals surface area contributed by atoms with E-state index in [9.17, 15) is 4.79 Å². The van der Waals surface area contributed by atoms with Gasteiger partial charge >= 0.3 is 0 Å². The summed E-state index contributed by atoms with van der Waals surface area (Å²) < 4.78 is 11.8. The van der Waals surface area contributed by atoms with Gasteiger partial charge in [-0.2, -0.15) is 0 Å². The Bertz CT molecular complexity index is 1510. The Morgan fingerprint density at radius 3 is 2.77 bits per heavy atom. The van der Waals surface area contributed by atoms with Crippen LogP contribution >= 0.6 is 11.3 Å². The Hall–Kier alpha value is -4.23. The van der Waals surface area contributed by atoms with Crippen molar-refractivity contribution in [2.45, 2.75) is 0 Å². The van der Waals surface area contributed by atoms with E-state index in [2.05, 4.69) is 17.1 Å². The first-order chi connectivity index (χ1) is 17.3. The molecular weight excluding hydrogens is 458 g/mol. The molecule has 3 aromatic carbocycles. The highest BCUT2D eigenvalue weighted by molar-refractivity contribution is 7.13. The smallest absolute Gasteiger partial charge is 0.265 e. The average Bonchev–Trinajstić information content (AvgIpc) is 3.41. The molecule has 5 aromatic rings. The number of fused-ring (bicyclic) bond motifs is 2. The van der Waals surface area contributed by atoms with E-state index in [1.165, 1.54) is 0 Å². The lowest BCUT2D eigenvalue weighted by Crippen LogP contribution is -2.41. The molecule has 35 heavy (non-hydrogen) atoms. The third-order valence-electron chi connectivity index (χ3n) is 5.91. The molecule has 7 heteroatoms. The molecule has 0 N–H and O–H groups in total. The van der Waals surface area contributed by atoms with Gasteiger partial charge in [0, 0.05) is 22.5 Å². The van der Waals surface area contributed by atoms with Crippen LogP contribution in [0, 0.1) is 0 Å². The zero-order valence-corrected chi connectivity index (χ0v) is 19.6. The Morgan fingerprint density at radius 1 is 0.971 bits per heavy atom. The molecule has 0 saturated carbocycles. The largest absolute Gasteiger partial charge is 0.491 e. The Morgan fingerprint density at radius 2 is 1.86 bits per heavy atom.